The van der Waals surface area contributed by atoms with E-state index < -0.39 is 0 Å². The van der Waals surface area contributed by atoms with Crippen LogP contribution in [0.3, 0.4) is 0 Å². The highest BCUT2D eigenvalue weighted by Crippen LogP contribution is 2.27. The second-order valence-electron chi connectivity index (χ2n) is 3.92. The number of hydrogen-bond acceptors (Lipinski definition) is 4. The molecule has 0 aliphatic rings. The van der Waals surface area contributed by atoms with Gasteiger partial charge in [0.15, 0.2) is 0 Å². The Morgan fingerprint density at radius 1 is 1.30 bits per heavy atom. The molecule has 6 heteroatoms. The van der Waals surface area contributed by atoms with Crippen LogP contribution in [0.4, 0.5) is 5.69 Å². The van der Waals surface area contributed by atoms with E-state index in [1.54, 1.807) is 43.5 Å². The van der Waals surface area contributed by atoms with E-state index in [4.69, 9.17) is 16.3 Å². The molecule has 0 unspecified atom stereocenters. The monoisotopic (exact) mass is 354 g/mol. The van der Waals surface area contributed by atoms with Gasteiger partial charge in [0.05, 0.1) is 24.0 Å². The number of halogens is 2. The Hall–Kier alpha value is -1.72. The zero-order valence-electron chi connectivity index (χ0n) is 10.6. The molecular weight excluding hydrogens is 344 g/mol. The van der Waals surface area contributed by atoms with Crippen molar-refractivity contribution in [3.63, 3.8) is 0 Å². The lowest BCUT2D eigenvalue weighted by atomic mass is 10.2. The quantitative estimate of drug-likeness (QED) is 0.636. The van der Waals surface area contributed by atoms with Gasteiger partial charge in [-0.1, -0.05) is 27.5 Å². The largest absolute Gasteiger partial charge is 0.507 e. The molecule has 104 valence electrons. The average molecular weight is 356 g/mol. The minimum atomic E-state index is 0.159. The molecule has 0 spiro atoms. The number of nitrogens with zero attached hydrogens (tertiary/aromatic N) is 1. The zero-order valence-corrected chi connectivity index (χ0v) is 12.9. The minimum Gasteiger partial charge on any atom is -0.507 e. The number of hydrazone groups is 1. The first-order valence-corrected chi connectivity index (χ1v) is 6.88. The van der Waals surface area contributed by atoms with Crippen LogP contribution in [0.25, 0.3) is 0 Å². The molecule has 0 fully saturated rings. The summed E-state index contributed by atoms with van der Waals surface area (Å²) in [5, 5.41) is 14.2. The summed E-state index contributed by atoms with van der Waals surface area (Å²) < 4.78 is 5.93. The maximum atomic E-state index is 9.67. The van der Waals surface area contributed by atoms with Crippen LogP contribution >= 0.6 is 27.5 Å². The summed E-state index contributed by atoms with van der Waals surface area (Å²) in [5.74, 6) is 0.761. The van der Waals surface area contributed by atoms with Crippen molar-refractivity contribution in [3.05, 3.63) is 51.5 Å². The second kappa shape index (κ2) is 6.63. The lowest BCUT2D eigenvalue weighted by Gasteiger charge is -2.05. The number of methoxy groups -OCH3 is 1. The summed E-state index contributed by atoms with van der Waals surface area (Å²) in [7, 11) is 1.56. The van der Waals surface area contributed by atoms with Crippen molar-refractivity contribution in [1.29, 1.82) is 0 Å². The van der Waals surface area contributed by atoms with E-state index in [-0.39, 0.29) is 5.75 Å². The number of hydrogen-bond donors (Lipinski definition) is 2. The maximum absolute atomic E-state index is 9.67. The highest BCUT2D eigenvalue weighted by molar-refractivity contribution is 9.10. The van der Waals surface area contributed by atoms with Crippen LogP contribution in [0, 0.1) is 0 Å². The van der Waals surface area contributed by atoms with E-state index in [2.05, 4.69) is 26.5 Å². The number of benzene rings is 2. The van der Waals surface area contributed by atoms with Crippen LogP contribution in [-0.4, -0.2) is 18.4 Å². The normalized spacial score (nSPS) is 10.8. The van der Waals surface area contributed by atoms with Gasteiger partial charge < -0.3 is 9.84 Å². The molecule has 0 saturated heterocycles. The second-order valence-corrected chi connectivity index (χ2v) is 5.25. The van der Waals surface area contributed by atoms with Crippen LogP contribution in [0.2, 0.25) is 5.02 Å². The Balaban J connectivity index is 2.10. The van der Waals surface area contributed by atoms with Crippen molar-refractivity contribution < 1.29 is 9.84 Å². The van der Waals surface area contributed by atoms with Crippen molar-refractivity contribution in [2.24, 2.45) is 5.10 Å². The van der Waals surface area contributed by atoms with Crippen molar-refractivity contribution in [2.45, 2.75) is 0 Å². The van der Waals surface area contributed by atoms with E-state index in [1.165, 1.54) is 6.21 Å². The van der Waals surface area contributed by atoms with Crippen LogP contribution < -0.4 is 10.2 Å². The SMILES string of the molecule is COc1ccc(N/N=C/c2cc(Br)ccc2O)cc1Cl. The molecule has 0 aromatic heterocycles. The Morgan fingerprint density at radius 2 is 2.10 bits per heavy atom. The lowest BCUT2D eigenvalue weighted by Crippen LogP contribution is -1.92. The van der Waals surface area contributed by atoms with Crippen LogP contribution in [-0.2, 0) is 0 Å². The van der Waals surface area contributed by atoms with E-state index in [1.807, 2.05) is 0 Å². The molecule has 2 aromatic rings. The van der Waals surface area contributed by atoms with E-state index in [0.717, 1.165) is 10.2 Å². The van der Waals surface area contributed by atoms with Gasteiger partial charge in [-0.2, -0.15) is 5.10 Å². The van der Waals surface area contributed by atoms with Crippen molar-refractivity contribution in [2.75, 3.05) is 12.5 Å². The van der Waals surface area contributed by atoms with Gasteiger partial charge in [-0.05, 0) is 36.4 Å². The van der Waals surface area contributed by atoms with Gasteiger partial charge in [0, 0.05) is 10.0 Å². The maximum Gasteiger partial charge on any atom is 0.137 e. The number of anilines is 1. The number of nitrogens with one attached hydrogen (secondary N) is 1. The molecule has 0 atom stereocenters. The molecule has 0 heterocycles. The van der Waals surface area contributed by atoms with E-state index in [0.29, 0.717) is 16.3 Å². The van der Waals surface area contributed by atoms with Gasteiger partial charge >= 0.3 is 0 Å². The first-order valence-electron chi connectivity index (χ1n) is 5.71. The molecule has 0 aliphatic carbocycles. The molecule has 20 heavy (non-hydrogen) atoms. The third-order valence-electron chi connectivity index (χ3n) is 2.54. The van der Waals surface area contributed by atoms with Crippen LogP contribution in [0.1, 0.15) is 5.56 Å². The van der Waals surface area contributed by atoms with Gasteiger partial charge in [-0.3, -0.25) is 5.43 Å². The summed E-state index contributed by atoms with van der Waals surface area (Å²) in [4.78, 5) is 0. The standard InChI is InChI=1S/C14H12BrClN2O2/c1-20-14-5-3-11(7-12(14)16)18-17-8-9-6-10(15)2-4-13(9)19/h2-8,18-19H,1H3/b17-8+. The molecule has 2 rings (SSSR count). The van der Waals surface area contributed by atoms with Crippen molar-refractivity contribution in [3.8, 4) is 11.5 Å². The van der Waals surface area contributed by atoms with Crippen LogP contribution in [0.5, 0.6) is 11.5 Å². The first-order chi connectivity index (χ1) is 9.60. The summed E-state index contributed by atoms with van der Waals surface area (Å²) >= 11 is 9.34. The fraction of sp³-hybridized carbons (Fsp3) is 0.0714. The molecule has 2 N–H and O–H groups in total. The summed E-state index contributed by atoms with van der Waals surface area (Å²) in [6.45, 7) is 0. The Morgan fingerprint density at radius 3 is 2.80 bits per heavy atom. The summed E-state index contributed by atoms with van der Waals surface area (Å²) in [5.41, 5.74) is 4.16. The smallest absolute Gasteiger partial charge is 0.137 e. The highest BCUT2D eigenvalue weighted by atomic mass is 79.9. The Bertz CT molecular complexity index is 647. The lowest BCUT2D eigenvalue weighted by molar-refractivity contribution is 0.415. The number of aromatic hydroxyl groups is 1. The molecule has 0 aliphatic heterocycles. The Kier molecular flexibility index (Phi) is 4.87. The predicted octanol–water partition coefficient (Wildman–Crippen LogP) is 4.26. The molecule has 0 amide bonds. The molecular formula is C14H12BrClN2O2. The fourth-order valence-corrected chi connectivity index (χ4v) is 2.18. The molecule has 0 saturated carbocycles. The number of phenols is 1. The summed E-state index contributed by atoms with van der Waals surface area (Å²) in [6.07, 6.45) is 1.53. The molecule has 0 radical (unpaired) electrons. The fourth-order valence-electron chi connectivity index (χ4n) is 1.54. The number of rotatable bonds is 4. The van der Waals surface area contributed by atoms with Gasteiger partial charge in [-0.25, -0.2) is 0 Å². The van der Waals surface area contributed by atoms with Gasteiger partial charge in [0.1, 0.15) is 11.5 Å². The number of ether oxygens (including phenoxy) is 1. The summed E-state index contributed by atoms with van der Waals surface area (Å²) in [6, 6.07) is 10.4. The topological polar surface area (TPSA) is 53.8 Å². The third-order valence-corrected chi connectivity index (χ3v) is 3.33. The van der Waals surface area contributed by atoms with E-state index >= 15 is 0 Å². The third kappa shape index (κ3) is 3.65. The first kappa shape index (κ1) is 14.7. The average Bonchev–Trinajstić information content (AvgIpc) is 2.43. The highest BCUT2D eigenvalue weighted by Gasteiger charge is 2.01. The zero-order chi connectivity index (χ0) is 14.5. The van der Waals surface area contributed by atoms with Gasteiger partial charge in [-0.15, -0.1) is 0 Å². The van der Waals surface area contributed by atoms with Crippen LogP contribution in [0.15, 0.2) is 46.0 Å². The molecule has 0 bridgehead atoms. The van der Waals surface area contributed by atoms with Gasteiger partial charge in [0.2, 0.25) is 0 Å². The predicted molar refractivity (Wildman–Crippen MR) is 85.0 cm³/mol. The minimum absolute atomic E-state index is 0.159. The Labute approximate surface area is 130 Å². The van der Waals surface area contributed by atoms with Crippen molar-refractivity contribution in [1.82, 2.24) is 0 Å². The van der Waals surface area contributed by atoms with Crippen molar-refractivity contribution >= 4 is 39.4 Å². The molecule has 4 nitrogen and oxygen atoms in total. The number of phenolic OH excluding ortho intramolecular Hbond substituents is 1. The molecule has 2 aromatic carbocycles. The van der Waals surface area contributed by atoms with Gasteiger partial charge in [0.25, 0.3) is 0 Å². The van der Waals surface area contributed by atoms with E-state index in [9.17, 15) is 5.11 Å².